The molecule has 3 rings (SSSR count). The Labute approximate surface area is 144 Å². The number of nitrogens with zero attached hydrogens (tertiary/aromatic N) is 3. The van der Waals surface area contributed by atoms with Crippen LogP contribution in [0.5, 0.6) is 5.75 Å². The van der Waals surface area contributed by atoms with E-state index in [1.807, 2.05) is 6.92 Å². The highest BCUT2D eigenvalue weighted by Crippen LogP contribution is 2.30. The summed E-state index contributed by atoms with van der Waals surface area (Å²) in [6.45, 7) is 4.17. The zero-order valence-electron chi connectivity index (χ0n) is 13.6. The molecule has 1 aliphatic rings. The van der Waals surface area contributed by atoms with Crippen LogP contribution >= 0.6 is 11.6 Å². The summed E-state index contributed by atoms with van der Waals surface area (Å²) in [7, 11) is 0. The molecule has 1 N–H and O–H groups in total. The third kappa shape index (κ3) is 4.44. The second kappa shape index (κ2) is 7.17. The van der Waals surface area contributed by atoms with E-state index in [9.17, 15) is 4.79 Å². The van der Waals surface area contributed by atoms with Crippen molar-refractivity contribution < 1.29 is 14.1 Å². The van der Waals surface area contributed by atoms with Crippen LogP contribution < -0.4 is 10.1 Å². The van der Waals surface area contributed by atoms with Gasteiger partial charge in [-0.15, -0.1) is 0 Å². The van der Waals surface area contributed by atoms with Crippen molar-refractivity contribution in [2.45, 2.75) is 39.2 Å². The molecule has 2 heterocycles. The monoisotopic (exact) mass is 350 g/mol. The molecule has 1 fully saturated rings. The molecular weight excluding hydrogens is 332 g/mol. The predicted molar refractivity (Wildman–Crippen MR) is 87.1 cm³/mol. The lowest BCUT2D eigenvalue weighted by atomic mass is 10.2. The number of pyridine rings is 1. The molecule has 8 heteroatoms. The number of nitrogens with one attached hydrogen (secondary N) is 1. The van der Waals surface area contributed by atoms with Crippen LogP contribution in [0.2, 0.25) is 5.02 Å². The van der Waals surface area contributed by atoms with E-state index in [1.54, 1.807) is 13.0 Å². The zero-order chi connectivity index (χ0) is 17.1. The molecule has 24 heavy (non-hydrogen) atoms. The van der Waals surface area contributed by atoms with Crippen molar-refractivity contribution in [3.05, 3.63) is 34.7 Å². The predicted octanol–water partition coefficient (Wildman–Crippen LogP) is 2.58. The van der Waals surface area contributed by atoms with Gasteiger partial charge in [-0.05, 0) is 25.7 Å². The van der Waals surface area contributed by atoms with Gasteiger partial charge in [-0.25, -0.2) is 4.98 Å². The Morgan fingerprint density at radius 1 is 1.54 bits per heavy atom. The number of hydrogen-bond acceptors (Lipinski definition) is 6. The van der Waals surface area contributed by atoms with Crippen LogP contribution in [0.1, 0.15) is 42.0 Å². The molecule has 2 aromatic heterocycles. The number of rotatable bonds is 7. The fourth-order valence-electron chi connectivity index (χ4n) is 2.23. The summed E-state index contributed by atoms with van der Waals surface area (Å²) in [5, 5.41) is 7.13. The molecule has 0 aromatic carbocycles. The smallest absolute Gasteiger partial charge is 0.273 e. The summed E-state index contributed by atoms with van der Waals surface area (Å²) in [6.07, 6.45) is 4.23. The van der Waals surface area contributed by atoms with E-state index in [0.29, 0.717) is 41.4 Å². The molecule has 1 unspecified atom stereocenters. The minimum Gasteiger partial charge on any atom is -0.491 e. The topological polar surface area (TPSA) is 90.1 Å². The Morgan fingerprint density at radius 2 is 2.33 bits per heavy atom. The first-order chi connectivity index (χ1) is 11.5. The van der Waals surface area contributed by atoms with Crippen LogP contribution in [0.3, 0.4) is 0 Å². The van der Waals surface area contributed by atoms with Gasteiger partial charge < -0.3 is 14.6 Å². The number of carbonyl (C=O) groups excluding carboxylic acids is 1. The molecule has 2 aromatic rings. The normalized spacial score (nSPS) is 15.1. The van der Waals surface area contributed by atoms with Crippen LogP contribution in [0.25, 0.3) is 0 Å². The number of ether oxygens (including phenoxy) is 1. The number of halogens is 1. The van der Waals surface area contributed by atoms with Crippen molar-refractivity contribution in [3.63, 3.8) is 0 Å². The minimum atomic E-state index is -0.315. The Balaban J connectivity index is 1.64. The SMILES string of the molecule is Cc1nc(CC(C)NC(=O)c2ncc(Cl)cc2OCC2CC2)no1. The Bertz CT molecular complexity index is 730. The molecule has 128 valence electrons. The largest absolute Gasteiger partial charge is 0.491 e. The molecular formula is C16H19ClN4O3. The van der Waals surface area contributed by atoms with E-state index in [4.69, 9.17) is 20.9 Å². The summed E-state index contributed by atoms with van der Waals surface area (Å²) in [5.74, 6) is 1.72. The highest BCUT2D eigenvalue weighted by Gasteiger charge is 2.24. The molecule has 0 spiro atoms. The van der Waals surface area contributed by atoms with Gasteiger partial charge >= 0.3 is 0 Å². The first-order valence-corrected chi connectivity index (χ1v) is 8.27. The lowest BCUT2D eigenvalue weighted by molar-refractivity contribution is 0.0929. The molecule has 1 aliphatic carbocycles. The zero-order valence-corrected chi connectivity index (χ0v) is 14.3. The van der Waals surface area contributed by atoms with Crippen LogP contribution in [-0.2, 0) is 6.42 Å². The van der Waals surface area contributed by atoms with E-state index in [0.717, 1.165) is 12.8 Å². The summed E-state index contributed by atoms with van der Waals surface area (Å²) in [5.41, 5.74) is 0.233. The fourth-order valence-corrected chi connectivity index (χ4v) is 2.38. The van der Waals surface area contributed by atoms with Crippen molar-refractivity contribution >= 4 is 17.5 Å². The Kier molecular flexibility index (Phi) is 4.99. The standard InChI is InChI=1S/C16H19ClN4O3/c1-9(5-14-20-10(2)24-21-14)19-16(22)15-13(6-12(17)7-18-15)23-8-11-3-4-11/h6-7,9,11H,3-5,8H2,1-2H3,(H,19,22). The first-order valence-electron chi connectivity index (χ1n) is 7.89. The molecule has 0 radical (unpaired) electrons. The number of aryl methyl sites for hydroxylation is 1. The van der Waals surface area contributed by atoms with Crippen molar-refractivity contribution in [2.24, 2.45) is 5.92 Å². The summed E-state index contributed by atoms with van der Waals surface area (Å²) in [6, 6.07) is 1.45. The van der Waals surface area contributed by atoms with Crippen LogP contribution in [0.15, 0.2) is 16.8 Å². The quantitative estimate of drug-likeness (QED) is 0.825. The molecule has 7 nitrogen and oxygen atoms in total. The molecule has 0 bridgehead atoms. The van der Waals surface area contributed by atoms with Gasteiger partial charge in [-0.2, -0.15) is 4.98 Å². The van der Waals surface area contributed by atoms with Gasteiger partial charge in [-0.1, -0.05) is 16.8 Å². The van der Waals surface area contributed by atoms with Gasteiger partial charge in [0.2, 0.25) is 5.89 Å². The van der Waals surface area contributed by atoms with Crippen molar-refractivity contribution in [1.82, 2.24) is 20.4 Å². The maximum Gasteiger partial charge on any atom is 0.273 e. The van der Waals surface area contributed by atoms with Gasteiger partial charge in [-0.3, -0.25) is 4.79 Å². The number of aromatic nitrogens is 3. The number of hydrogen-bond donors (Lipinski definition) is 1. The summed E-state index contributed by atoms with van der Waals surface area (Å²) < 4.78 is 10.6. The van der Waals surface area contributed by atoms with Gasteiger partial charge in [0, 0.05) is 31.6 Å². The van der Waals surface area contributed by atoms with Crippen LogP contribution in [0.4, 0.5) is 0 Å². The maximum atomic E-state index is 12.5. The van der Waals surface area contributed by atoms with E-state index in [-0.39, 0.29) is 17.6 Å². The lowest BCUT2D eigenvalue weighted by Gasteiger charge is -2.14. The average Bonchev–Trinajstić information content (AvgIpc) is 3.27. The molecule has 0 saturated heterocycles. The van der Waals surface area contributed by atoms with E-state index >= 15 is 0 Å². The summed E-state index contributed by atoms with van der Waals surface area (Å²) >= 11 is 5.97. The Hall–Kier alpha value is -2.15. The number of carbonyl (C=O) groups is 1. The van der Waals surface area contributed by atoms with Crippen LogP contribution in [-0.4, -0.2) is 33.7 Å². The van der Waals surface area contributed by atoms with Crippen molar-refractivity contribution in [1.29, 1.82) is 0 Å². The second-order valence-corrected chi connectivity index (χ2v) is 6.50. The highest BCUT2D eigenvalue weighted by atomic mass is 35.5. The van der Waals surface area contributed by atoms with E-state index < -0.39 is 0 Å². The third-order valence-electron chi connectivity index (χ3n) is 3.64. The van der Waals surface area contributed by atoms with Crippen LogP contribution in [0, 0.1) is 12.8 Å². The Morgan fingerprint density at radius 3 is 3.00 bits per heavy atom. The van der Waals surface area contributed by atoms with Gasteiger partial charge in [0.15, 0.2) is 17.3 Å². The molecule has 0 aliphatic heterocycles. The van der Waals surface area contributed by atoms with Crippen molar-refractivity contribution in [3.8, 4) is 5.75 Å². The van der Waals surface area contributed by atoms with E-state index in [1.165, 1.54) is 6.20 Å². The molecule has 1 amide bonds. The maximum absolute atomic E-state index is 12.5. The van der Waals surface area contributed by atoms with E-state index in [2.05, 4.69) is 20.4 Å². The number of amides is 1. The fraction of sp³-hybridized carbons (Fsp3) is 0.500. The molecule has 1 saturated carbocycles. The van der Waals surface area contributed by atoms with Gasteiger partial charge in [0.05, 0.1) is 11.6 Å². The summed E-state index contributed by atoms with van der Waals surface area (Å²) in [4.78, 5) is 20.7. The average molecular weight is 351 g/mol. The minimum absolute atomic E-state index is 0.178. The van der Waals surface area contributed by atoms with Gasteiger partial charge in [0.1, 0.15) is 0 Å². The molecule has 1 atom stereocenters. The second-order valence-electron chi connectivity index (χ2n) is 6.06. The third-order valence-corrected chi connectivity index (χ3v) is 3.85. The highest BCUT2D eigenvalue weighted by molar-refractivity contribution is 6.30. The lowest BCUT2D eigenvalue weighted by Crippen LogP contribution is -2.35. The first kappa shape index (κ1) is 16.7. The van der Waals surface area contributed by atoms with Crippen molar-refractivity contribution in [2.75, 3.05) is 6.61 Å². The van der Waals surface area contributed by atoms with Gasteiger partial charge in [0.25, 0.3) is 5.91 Å².